The van der Waals surface area contributed by atoms with Crippen molar-refractivity contribution in [2.75, 3.05) is 13.2 Å². The molecule has 0 aromatic rings. The Morgan fingerprint density at radius 3 is 2.53 bits per heavy atom. The van der Waals surface area contributed by atoms with E-state index in [0.717, 1.165) is 0 Å². The van der Waals surface area contributed by atoms with Gasteiger partial charge in [-0.15, -0.1) is 0 Å². The molecule has 1 rings (SSSR count). The molecule has 0 radical (unpaired) electrons. The van der Waals surface area contributed by atoms with Crippen molar-refractivity contribution in [2.45, 2.75) is 43.4 Å². The predicted octanol–water partition coefficient (Wildman–Crippen LogP) is -2.40. The smallest absolute Gasteiger partial charge is 0.124 e. The van der Waals surface area contributed by atoms with Gasteiger partial charge in [0.05, 0.1) is 19.3 Å². The fourth-order valence-electron chi connectivity index (χ4n) is 1.91. The lowest BCUT2D eigenvalue weighted by Crippen LogP contribution is -2.64. The van der Waals surface area contributed by atoms with Crippen molar-refractivity contribution in [3.8, 4) is 0 Å². The molecule has 1 fully saturated rings. The molecule has 0 amide bonds. The first-order valence-electron chi connectivity index (χ1n) is 4.91. The van der Waals surface area contributed by atoms with Crippen molar-refractivity contribution < 1.29 is 30.3 Å². The Kier molecular flexibility index (Phi) is 4.05. The minimum atomic E-state index is -1.82. The Bertz CT molecular complexity index is 205. The van der Waals surface area contributed by atoms with Gasteiger partial charge in [0.1, 0.15) is 23.9 Å². The first-order chi connectivity index (χ1) is 6.91. The fourth-order valence-corrected chi connectivity index (χ4v) is 1.91. The van der Waals surface area contributed by atoms with Gasteiger partial charge in [-0.05, 0) is 6.92 Å². The first-order valence-corrected chi connectivity index (χ1v) is 4.91. The van der Waals surface area contributed by atoms with Crippen molar-refractivity contribution in [2.24, 2.45) is 0 Å². The van der Waals surface area contributed by atoms with Crippen molar-refractivity contribution in [3.63, 3.8) is 0 Å². The summed E-state index contributed by atoms with van der Waals surface area (Å²) in [7, 11) is 0. The zero-order valence-electron chi connectivity index (χ0n) is 8.58. The molecular formula is C9H18O6. The first kappa shape index (κ1) is 12.8. The quantitative estimate of drug-likeness (QED) is 0.364. The second-order valence-corrected chi connectivity index (χ2v) is 4.06. The average molecular weight is 222 g/mol. The molecule has 0 saturated carbocycles. The van der Waals surface area contributed by atoms with Crippen LogP contribution in [0.25, 0.3) is 0 Å². The molecule has 5 N–H and O–H groups in total. The summed E-state index contributed by atoms with van der Waals surface area (Å²) in [6.07, 6.45) is -4.68. The number of rotatable bonds is 3. The molecule has 0 spiro atoms. The van der Waals surface area contributed by atoms with Gasteiger partial charge in [-0.3, -0.25) is 0 Å². The monoisotopic (exact) mass is 222 g/mol. The molecule has 6 heteroatoms. The van der Waals surface area contributed by atoms with E-state index in [1.807, 2.05) is 0 Å². The lowest BCUT2D eigenvalue weighted by atomic mass is 9.81. The van der Waals surface area contributed by atoms with Crippen LogP contribution in [0.15, 0.2) is 0 Å². The summed E-state index contributed by atoms with van der Waals surface area (Å²) in [6.45, 7) is 0.821. The van der Waals surface area contributed by atoms with Crippen LogP contribution in [-0.4, -0.2) is 68.8 Å². The van der Waals surface area contributed by atoms with Crippen LogP contribution in [0, 0.1) is 0 Å². The van der Waals surface area contributed by atoms with Gasteiger partial charge in [0.2, 0.25) is 0 Å². The molecule has 1 aliphatic heterocycles. The number of aliphatic hydroxyl groups is 5. The highest BCUT2D eigenvalue weighted by Crippen LogP contribution is 2.30. The molecule has 0 aromatic carbocycles. The van der Waals surface area contributed by atoms with E-state index >= 15 is 0 Å². The molecule has 90 valence electrons. The van der Waals surface area contributed by atoms with Crippen LogP contribution < -0.4 is 0 Å². The van der Waals surface area contributed by atoms with Crippen molar-refractivity contribution in [1.82, 2.24) is 0 Å². The maximum atomic E-state index is 10.1. The second kappa shape index (κ2) is 4.73. The van der Waals surface area contributed by atoms with E-state index in [9.17, 15) is 20.4 Å². The standard InChI is InChI=1S/C9H18O6/c1-5(11)2-9(14)7(3-10)15-4-6(12)8(9)13/h5-8,10-14H,2-4H2,1H3/t5?,6-,7+,8+,9+/m0/s1. The third-order valence-corrected chi connectivity index (χ3v) is 2.69. The van der Waals surface area contributed by atoms with E-state index in [-0.39, 0.29) is 13.0 Å². The molecule has 5 atom stereocenters. The van der Waals surface area contributed by atoms with E-state index < -0.39 is 36.6 Å². The number of aliphatic hydroxyl groups excluding tert-OH is 4. The van der Waals surface area contributed by atoms with Gasteiger partial charge in [-0.25, -0.2) is 0 Å². The van der Waals surface area contributed by atoms with Gasteiger partial charge in [0, 0.05) is 6.42 Å². The van der Waals surface area contributed by atoms with Crippen molar-refractivity contribution >= 4 is 0 Å². The SMILES string of the molecule is CC(O)C[C@]1(O)[C@H](O)[C@@H](O)CO[C@@H]1CO. The van der Waals surface area contributed by atoms with E-state index in [4.69, 9.17) is 9.84 Å². The zero-order chi connectivity index (χ0) is 11.6. The molecule has 1 heterocycles. The topological polar surface area (TPSA) is 110 Å². The number of ether oxygens (including phenoxy) is 1. The van der Waals surface area contributed by atoms with Crippen LogP contribution in [0.3, 0.4) is 0 Å². The van der Waals surface area contributed by atoms with Gasteiger partial charge in [-0.2, -0.15) is 0 Å². The van der Waals surface area contributed by atoms with Crippen LogP contribution in [-0.2, 0) is 4.74 Å². The molecule has 1 unspecified atom stereocenters. The fraction of sp³-hybridized carbons (Fsp3) is 1.00. The summed E-state index contributed by atoms with van der Waals surface area (Å²) in [6, 6.07) is 0. The highest BCUT2D eigenvalue weighted by Gasteiger charge is 2.51. The average Bonchev–Trinajstić information content (AvgIpc) is 2.14. The lowest BCUT2D eigenvalue weighted by Gasteiger charge is -2.45. The molecule has 15 heavy (non-hydrogen) atoms. The van der Waals surface area contributed by atoms with Gasteiger partial charge in [-0.1, -0.05) is 0 Å². The largest absolute Gasteiger partial charge is 0.394 e. The normalized spacial score (nSPS) is 44.0. The summed E-state index contributed by atoms with van der Waals surface area (Å²) >= 11 is 0. The minimum absolute atomic E-state index is 0.144. The van der Waals surface area contributed by atoms with E-state index in [2.05, 4.69) is 0 Å². The molecule has 1 aliphatic rings. The third-order valence-electron chi connectivity index (χ3n) is 2.69. The highest BCUT2D eigenvalue weighted by atomic mass is 16.5. The van der Waals surface area contributed by atoms with E-state index in [1.165, 1.54) is 6.92 Å². The Balaban J connectivity index is 2.84. The molecule has 6 nitrogen and oxygen atoms in total. The van der Waals surface area contributed by atoms with E-state index in [0.29, 0.717) is 0 Å². The Hall–Kier alpha value is -0.240. The summed E-state index contributed by atoms with van der Waals surface area (Å²) in [4.78, 5) is 0. The zero-order valence-corrected chi connectivity index (χ0v) is 8.58. The highest BCUT2D eigenvalue weighted by molar-refractivity contribution is 5.01. The minimum Gasteiger partial charge on any atom is -0.394 e. The summed E-state index contributed by atoms with van der Waals surface area (Å²) < 4.78 is 5.01. The van der Waals surface area contributed by atoms with Gasteiger partial charge < -0.3 is 30.3 Å². The summed E-state index contributed by atoms with van der Waals surface area (Å²) in [5, 5.41) is 47.3. The van der Waals surface area contributed by atoms with Crippen LogP contribution in [0.2, 0.25) is 0 Å². The summed E-state index contributed by atoms with van der Waals surface area (Å²) in [5.74, 6) is 0. The third kappa shape index (κ3) is 2.47. The maximum Gasteiger partial charge on any atom is 0.124 e. The van der Waals surface area contributed by atoms with Crippen LogP contribution in [0.4, 0.5) is 0 Å². The predicted molar refractivity (Wildman–Crippen MR) is 50.1 cm³/mol. The second-order valence-electron chi connectivity index (χ2n) is 4.06. The number of hydrogen-bond acceptors (Lipinski definition) is 6. The Labute approximate surface area is 87.7 Å². The van der Waals surface area contributed by atoms with Crippen LogP contribution >= 0.6 is 0 Å². The van der Waals surface area contributed by atoms with Gasteiger partial charge >= 0.3 is 0 Å². The van der Waals surface area contributed by atoms with Crippen molar-refractivity contribution in [1.29, 1.82) is 0 Å². The van der Waals surface area contributed by atoms with E-state index in [1.54, 1.807) is 0 Å². The van der Waals surface area contributed by atoms with Crippen LogP contribution in [0.5, 0.6) is 0 Å². The molecule has 1 saturated heterocycles. The molecule has 0 aliphatic carbocycles. The lowest BCUT2D eigenvalue weighted by molar-refractivity contribution is -0.256. The molecular weight excluding hydrogens is 204 g/mol. The van der Waals surface area contributed by atoms with Gasteiger partial charge in [0.25, 0.3) is 0 Å². The Morgan fingerprint density at radius 2 is 2.07 bits per heavy atom. The summed E-state index contributed by atoms with van der Waals surface area (Å²) in [5.41, 5.74) is -1.82. The van der Waals surface area contributed by atoms with Crippen LogP contribution in [0.1, 0.15) is 13.3 Å². The molecule has 0 bridgehead atoms. The maximum absolute atomic E-state index is 10.1. The Morgan fingerprint density at radius 1 is 1.47 bits per heavy atom. The number of hydrogen-bond donors (Lipinski definition) is 5. The van der Waals surface area contributed by atoms with Crippen molar-refractivity contribution in [3.05, 3.63) is 0 Å². The van der Waals surface area contributed by atoms with Gasteiger partial charge in [0.15, 0.2) is 0 Å². The molecule has 0 aromatic heterocycles.